The number of nitrogens with zero attached hydrogens (tertiary/aromatic N) is 1. The van der Waals surface area contributed by atoms with Crippen LogP contribution in [0.1, 0.15) is 174 Å². The van der Waals surface area contributed by atoms with Crippen LogP contribution in [0, 0.1) is 0 Å². The van der Waals surface area contributed by atoms with Gasteiger partial charge in [-0.15, -0.1) is 0 Å². The van der Waals surface area contributed by atoms with Crippen molar-refractivity contribution in [1.29, 1.82) is 0 Å². The summed E-state index contributed by atoms with van der Waals surface area (Å²) in [6.45, 7) is 4.72. The molecule has 0 aromatic rings. The zero-order valence-corrected chi connectivity index (χ0v) is 32.4. The van der Waals surface area contributed by atoms with Gasteiger partial charge in [-0.2, -0.15) is 0 Å². The van der Waals surface area contributed by atoms with Gasteiger partial charge in [-0.3, -0.25) is 9.36 Å². The maximum Gasteiger partial charge on any atom is 0.306 e. The fourth-order valence-corrected chi connectivity index (χ4v) is 6.06. The van der Waals surface area contributed by atoms with Gasteiger partial charge in [0.25, 0.3) is 7.82 Å². The van der Waals surface area contributed by atoms with Crippen molar-refractivity contribution in [3.63, 3.8) is 0 Å². The fourth-order valence-electron chi connectivity index (χ4n) is 5.33. The lowest BCUT2D eigenvalue weighted by molar-refractivity contribution is -0.870. The third-order valence-corrected chi connectivity index (χ3v) is 9.38. The summed E-state index contributed by atoms with van der Waals surface area (Å²) in [6.07, 6.45) is 33.2. The molecule has 0 fully saturated rings. The lowest BCUT2D eigenvalue weighted by atomic mass is 10.0. The highest BCUT2D eigenvalue weighted by atomic mass is 31.2. The number of hydrogen-bond acceptors (Lipinski definition) is 7. The van der Waals surface area contributed by atoms with Gasteiger partial charge in [-0.25, -0.2) is 0 Å². The molecule has 0 amide bonds. The molecule has 0 aliphatic heterocycles. The first-order chi connectivity index (χ1) is 22.6. The van der Waals surface area contributed by atoms with E-state index in [0.29, 0.717) is 17.4 Å². The number of carbonyl (C=O) groups is 1. The predicted octanol–water partition coefficient (Wildman–Crippen LogP) is 10.4. The molecular weight excluding hydrogens is 613 g/mol. The summed E-state index contributed by atoms with van der Waals surface area (Å²) in [4.78, 5) is 24.8. The van der Waals surface area contributed by atoms with E-state index in [1.807, 2.05) is 27.2 Å². The van der Waals surface area contributed by atoms with Crippen molar-refractivity contribution in [2.75, 3.05) is 47.5 Å². The zero-order chi connectivity index (χ0) is 34.9. The topological polar surface area (TPSA) is 94.1 Å². The number of quaternary nitrogens is 1. The molecule has 0 aromatic carbocycles. The molecular formula is C38H76NO7P. The molecule has 1 unspecified atom stereocenters. The molecule has 0 bridgehead atoms. The van der Waals surface area contributed by atoms with Crippen LogP contribution >= 0.6 is 7.82 Å². The Kier molecular flexibility index (Phi) is 31.7. The third kappa shape index (κ3) is 36.2. The second kappa shape index (κ2) is 32.3. The summed E-state index contributed by atoms with van der Waals surface area (Å²) in [6, 6.07) is 0. The number of hydrogen-bond donors (Lipinski definition) is 0. The highest BCUT2D eigenvalue weighted by Crippen LogP contribution is 2.38. The van der Waals surface area contributed by atoms with Crippen molar-refractivity contribution in [1.82, 2.24) is 0 Å². The van der Waals surface area contributed by atoms with Crippen molar-refractivity contribution >= 4 is 13.8 Å². The molecule has 2 atom stereocenters. The van der Waals surface area contributed by atoms with Crippen LogP contribution in [0.25, 0.3) is 0 Å². The SMILES string of the molecule is CCCCCCCCCCCCCCCC/C=C/OC[C@@H](COP(=O)([O-])OCC[N+](C)(C)C)OC(=O)CCCCCCCCCCC. The molecule has 0 heterocycles. The maximum absolute atomic E-state index is 12.5. The van der Waals surface area contributed by atoms with Crippen molar-refractivity contribution in [2.45, 2.75) is 180 Å². The highest BCUT2D eigenvalue weighted by molar-refractivity contribution is 7.45. The number of likely N-dealkylation sites (N-methyl/N-ethyl adjacent to an activating group) is 1. The average Bonchev–Trinajstić information content (AvgIpc) is 3.01. The molecule has 0 saturated carbocycles. The van der Waals surface area contributed by atoms with E-state index in [9.17, 15) is 14.3 Å². The van der Waals surface area contributed by atoms with E-state index in [4.69, 9.17) is 18.5 Å². The number of allylic oxidation sites excluding steroid dienone is 1. The van der Waals surface area contributed by atoms with Crippen LogP contribution in [0.15, 0.2) is 12.3 Å². The van der Waals surface area contributed by atoms with Crippen LogP contribution in [0.3, 0.4) is 0 Å². The normalized spacial score (nSPS) is 14.0. The van der Waals surface area contributed by atoms with Crippen molar-refractivity contribution in [3.05, 3.63) is 12.3 Å². The molecule has 8 nitrogen and oxygen atoms in total. The van der Waals surface area contributed by atoms with Crippen LogP contribution in [-0.4, -0.2) is 64.1 Å². The quantitative estimate of drug-likeness (QED) is 0.0212. The molecule has 0 aliphatic carbocycles. The van der Waals surface area contributed by atoms with Gasteiger partial charge in [0.15, 0.2) is 6.10 Å². The lowest BCUT2D eigenvalue weighted by Gasteiger charge is -2.28. The van der Waals surface area contributed by atoms with Gasteiger partial charge < -0.3 is 27.9 Å². The molecule has 280 valence electrons. The van der Waals surface area contributed by atoms with Crippen molar-refractivity contribution < 1.29 is 37.3 Å². The standard InChI is InChI=1S/C38H76NO7P/c1-6-8-10-12-14-16-17-18-19-20-21-22-24-26-28-30-33-43-35-37(36-45-47(41,42)44-34-32-39(3,4)5)46-38(40)31-29-27-25-23-15-13-11-9-7-2/h30,33,37H,6-29,31-32,34-36H2,1-5H3/b33-30+/t37-/m0/s1. The number of esters is 1. The monoisotopic (exact) mass is 690 g/mol. The number of rotatable bonds is 36. The maximum atomic E-state index is 12.5. The van der Waals surface area contributed by atoms with Gasteiger partial charge in [0.2, 0.25) is 0 Å². The Morgan fingerprint density at radius 3 is 1.57 bits per heavy atom. The van der Waals surface area contributed by atoms with Crippen LogP contribution in [0.4, 0.5) is 0 Å². The van der Waals surface area contributed by atoms with Gasteiger partial charge in [0.1, 0.15) is 19.8 Å². The smallest absolute Gasteiger partial charge is 0.306 e. The molecule has 9 heteroatoms. The molecule has 0 N–H and O–H groups in total. The summed E-state index contributed by atoms with van der Waals surface area (Å²) >= 11 is 0. The highest BCUT2D eigenvalue weighted by Gasteiger charge is 2.20. The Balaban J connectivity index is 4.28. The first kappa shape index (κ1) is 46.1. The summed E-state index contributed by atoms with van der Waals surface area (Å²) in [5.41, 5.74) is 0. The molecule has 0 aliphatic rings. The van der Waals surface area contributed by atoms with E-state index in [1.165, 1.54) is 122 Å². The van der Waals surface area contributed by atoms with Gasteiger partial charge >= 0.3 is 5.97 Å². The minimum Gasteiger partial charge on any atom is -0.756 e. The minimum atomic E-state index is -4.52. The molecule has 0 rings (SSSR count). The number of phosphoric ester groups is 1. The number of carbonyl (C=O) groups excluding carboxylic acids is 1. The summed E-state index contributed by atoms with van der Waals surface area (Å²) in [5, 5.41) is 0. The molecule has 0 spiro atoms. The van der Waals surface area contributed by atoms with E-state index in [-0.39, 0.29) is 25.8 Å². The summed E-state index contributed by atoms with van der Waals surface area (Å²) in [7, 11) is 1.33. The van der Waals surface area contributed by atoms with E-state index in [1.54, 1.807) is 6.26 Å². The van der Waals surface area contributed by atoms with Crippen LogP contribution in [0.2, 0.25) is 0 Å². The Labute approximate surface area is 290 Å². The molecule has 47 heavy (non-hydrogen) atoms. The third-order valence-electron chi connectivity index (χ3n) is 8.41. The number of ether oxygens (including phenoxy) is 2. The Morgan fingerprint density at radius 2 is 1.11 bits per heavy atom. The predicted molar refractivity (Wildman–Crippen MR) is 194 cm³/mol. The largest absolute Gasteiger partial charge is 0.756 e. The summed E-state index contributed by atoms with van der Waals surface area (Å²) in [5.74, 6) is -0.358. The van der Waals surface area contributed by atoms with Gasteiger partial charge in [0, 0.05) is 6.42 Å². The number of phosphoric acid groups is 1. The molecule has 0 saturated heterocycles. The van der Waals surface area contributed by atoms with Crippen molar-refractivity contribution in [3.8, 4) is 0 Å². The molecule has 0 radical (unpaired) electrons. The number of unbranched alkanes of at least 4 members (excludes halogenated alkanes) is 22. The summed E-state index contributed by atoms with van der Waals surface area (Å²) < 4.78 is 34.1. The molecule has 0 aromatic heterocycles. The second-order valence-electron chi connectivity index (χ2n) is 14.4. The first-order valence-corrected chi connectivity index (χ1v) is 20.9. The average molecular weight is 690 g/mol. The fraction of sp³-hybridized carbons (Fsp3) is 0.921. The lowest BCUT2D eigenvalue weighted by Crippen LogP contribution is -2.37. The zero-order valence-electron chi connectivity index (χ0n) is 31.5. The minimum absolute atomic E-state index is 0.0197. The van der Waals surface area contributed by atoms with Crippen molar-refractivity contribution in [2.24, 2.45) is 0 Å². The van der Waals surface area contributed by atoms with Gasteiger partial charge in [-0.1, -0.05) is 149 Å². The Bertz CT molecular complexity index is 772. The second-order valence-corrected chi connectivity index (χ2v) is 15.8. The van der Waals surface area contributed by atoms with E-state index in [2.05, 4.69) is 13.8 Å². The van der Waals surface area contributed by atoms with Crippen LogP contribution in [-0.2, 0) is 27.9 Å². The van der Waals surface area contributed by atoms with E-state index < -0.39 is 13.9 Å². The Hall–Kier alpha value is -0.920. The van der Waals surface area contributed by atoms with Crippen LogP contribution in [0.5, 0.6) is 0 Å². The Morgan fingerprint density at radius 1 is 0.660 bits per heavy atom. The van der Waals surface area contributed by atoms with Gasteiger partial charge in [0.05, 0.1) is 34.0 Å². The van der Waals surface area contributed by atoms with Crippen LogP contribution < -0.4 is 4.89 Å². The van der Waals surface area contributed by atoms with E-state index >= 15 is 0 Å². The first-order valence-electron chi connectivity index (χ1n) is 19.5. The van der Waals surface area contributed by atoms with E-state index in [0.717, 1.165) is 32.1 Å². The van der Waals surface area contributed by atoms with Gasteiger partial charge in [-0.05, 0) is 25.3 Å².